The summed E-state index contributed by atoms with van der Waals surface area (Å²) in [5.74, 6) is 0.466. The molecule has 0 radical (unpaired) electrons. The van der Waals surface area contributed by atoms with Crippen molar-refractivity contribution >= 4 is 23.6 Å². The van der Waals surface area contributed by atoms with Crippen molar-refractivity contribution in [3.05, 3.63) is 59.3 Å². The van der Waals surface area contributed by atoms with Crippen molar-refractivity contribution in [1.82, 2.24) is 15.1 Å². The molecule has 1 aromatic carbocycles. The van der Waals surface area contributed by atoms with Crippen molar-refractivity contribution in [2.24, 2.45) is 0 Å². The fourth-order valence-electron chi connectivity index (χ4n) is 2.39. The lowest BCUT2D eigenvalue weighted by atomic mass is 10.2. The third kappa shape index (κ3) is 4.29. The first kappa shape index (κ1) is 15.5. The number of nitrogens with zero attached hydrogens (tertiary/aromatic N) is 3. The van der Waals surface area contributed by atoms with Crippen molar-refractivity contribution in [3.8, 4) is 5.88 Å². The van der Waals surface area contributed by atoms with Crippen LogP contribution in [0.5, 0.6) is 5.88 Å². The molecule has 2 heterocycles. The molecule has 1 aliphatic heterocycles. The van der Waals surface area contributed by atoms with E-state index in [2.05, 4.69) is 10.2 Å². The molecule has 2 aromatic rings. The Kier molecular flexibility index (Phi) is 4.88. The number of carbonyl (C=O) groups excluding carboxylic acids is 1. The van der Waals surface area contributed by atoms with Gasteiger partial charge in [0.1, 0.15) is 6.10 Å². The lowest BCUT2D eigenvalue weighted by Crippen LogP contribution is -2.29. The SMILES string of the molecule is O=C(/C=C/c1ccc(Cl)cc1)N1CCC(Oc2cccnn2)C1. The molecule has 0 N–H and O–H groups in total. The monoisotopic (exact) mass is 329 g/mol. The van der Waals surface area contributed by atoms with E-state index in [1.54, 1.807) is 47.5 Å². The maximum absolute atomic E-state index is 12.2. The van der Waals surface area contributed by atoms with Crippen LogP contribution < -0.4 is 4.74 Å². The van der Waals surface area contributed by atoms with E-state index < -0.39 is 0 Å². The number of amides is 1. The molecule has 0 spiro atoms. The predicted octanol–water partition coefficient (Wildman–Crippen LogP) is 2.82. The van der Waals surface area contributed by atoms with Crippen LogP contribution in [0.4, 0.5) is 0 Å². The van der Waals surface area contributed by atoms with E-state index in [9.17, 15) is 4.79 Å². The molecule has 1 atom stereocenters. The Balaban J connectivity index is 1.54. The average molecular weight is 330 g/mol. The predicted molar refractivity (Wildman–Crippen MR) is 88.1 cm³/mol. The summed E-state index contributed by atoms with van der Waals surface area (Å²) in [6, 6.07) is 10.9. The van der Waals surface area contributed by atoms with E-state index in [1.165, 1.54) is 0 Å². The lowest BCUT2D eigenvalue weighted by molar-refractivity contribution is -0.125. The Morgan fingerprint density at radius 3 is 2.87 bits per heavy atom. The molecular formula is C17H16ClN3O2. The highest BCUT2D eigenvalue weighted by molar-refractivity contribution is 6.30. The number of aromatic nitrogens is 2. The van der Waals surface area contributed by atoms with E-state index in [-0.39, 0.29) is 12.0 Å². The van der Waals surface area contributed by atoms with Gasteiger partial charge in [0, 0.05) is 36.3 Å². The molecule has 118 valence electrons. The van der Waals surface area contributed by atoms with Crippen LogP contribution in [0, 0.1) is 0 Å². The van der Waals surface area contributed by atoms with Crippen LogP contribution in [-0.4, -0.2) is 40.2 Å². The molecule has 1 amide bonds. The zero-order valence-electron chi connectivity index (χ0n) is 12.4. The number of rotatable bonds is 4. The summed E-state index contributed by atoms with van der Waals surface area (Å²) in [6.45, 7) is 1.23. The number of carbonyl (C=O) groups is 1. The molecule has 3 rings (SSSR count). The van der Waals surface area contributed by atoms with Crippen LogP contribution in [0.1, 0.15) is 12.0 Å². The average Bonchev–Trinajstić information content (AvgIpc) is 3.03. The van der Waals surface area contributed by atoms with E-state index in [0.29, 0.717) is 24.0 Å². The highest BCUT2D eigenvalue weighted by Gasteiger charge is 2.26. The fourth-order valence-corrected chi connectivity index (χ4v) is 2.52. The molecule has 0 aliphatic carbocycles. The smallest absolute Gasteiger partial charge is 0.246 e. The van der Waals surface area contributed by atoms with Crippen LogP contribution in [-0.2, 0) is 4.79 Å². The van der Waals surface area contributed by atoms with E-state index in [0.717, 1.165) is 12.0 Å². The Morgan fingerprint density at radius 2 is 2.13 bits per heavy atom. The van der Waals surface area contributed by atoms with Gasteiger partial charge in [-0.15, -0.1) is 5.10 Å². The molecule has 1 fully saturated rings. The van der Waals surface area contributed by atoms with Gasteiger partial charge in [0.15, 0.2) is 0 Å². The second kappa shape index (κ2) is 7.24. The summed E-state index contributed by atoms with van der Waals surface area (Å²) in [6.07, 6.45) is 5.71. The van der Waals surface area contributed by atoms with E-state index in [1.807, 2.05) is 12.1 Å². The number of hydrogen-bond donors (Lipinski definition) is 0. The first-order chi connectivity index (χ1) is 11.2. The van der Waals surface area contributed by atoms with Gasteiger partial charge in [0.05, 0.1) is 6.54 Å². The molecule has 1 unspecified atom stereocenters. The van der Waals surface area contributed by atoms with E-state index in [4.69, 9.17) is 16.3 Å². The van der Waals surface area contributed by atoms with Crippen molar-refractivity contribution < 1.29 is 9.53 Å². The van der Waals surface area contributed by atoms with Gasteiger partial charge in [-0.25, -0.2) is 0 Å². The maximum atomic E-state index is 12.2. The van der Waals surface area contributed by atoms with Gasteiger partial charge >= 0.3 is 0 Å². The van der Waals surface area contributed by atoms with Crippen LogP contribution in [0.25, 0.3) is 6.08 Å². The first-order valence-electron chi connectivity index (χ1n) is 7.37. The standard InChI is InChI=1S/C17H16ClN3O2/c18-14-6-3-13(4-7-14)5-8-17(22)21-11-9-15(12-21)23-16-2-1-10-19-20-16/h1-8,10,15H,9,11-12H2/b8-5+. The number of hydrogen-bond acceptors (Lipinski definition) is 4. The number of ether oxygens (including phenoxy) is 1. The summed E-state index contributed by atoms with van der Waals surface area (Å²) in [7, 11) is 0. The van der Waals surface area contributed by atoms with Gasteiger partial charge in [-0.05, 0) is 29.8 Å². The van der Waals surface area contributed by atoms with Crippen molar-refractivity contribution in [2.45, 2.75) is 12.5 Å². The summed E-state index contributed by atoms with van der Waals surface area (Å²) in [5.41, 5.74) is 0.939. The molecule has 1 aromatic heterocycles. The minimum atomic E-state index is -0.0421. The van der Waals surface area contributed by atoms with Crippen LogP contribution in [0.2, 0.25) is 5.02 Å². The van der Waals surface area contributed by atoms with Crippen molar-refractivity contribution in [3.63, 3.8) is 0 Å². The number of halogens is 1. The van der Waals surface area contributed by atoms with Gasteiger partial charge in [-0.2, -0.15) is 5.10 Å². The third-order valence-corrected chi connectivity index (χ3v) is 3.83. The fraction of sp³-hybridized carbons (Fsp3) is 0.235. The van der Waals surface area contributed by atoms with Crippen molar-refractivity contribution in [2.75, 3.05) is 13.1 Å². The van der Waals surface area contributed by atoms with Gasteiger partial charge in [0.2, 0.25) is 11.8 Å². The third-order valence-electron chi connectivity index (χ3n) is 3.58. The minimum Gasteiger partial charge on any atom is -0.471 e. The highest BCUT2D eigenvalue weighted by atomic mass is 35.5. The number of likely N-dealkylation sites (tertiary alicyclic amines) is 1. The van der Waals surface area contributed by atoms with Crippen LogP contribution in [0.15, 0.2) is 48.7 Å². The van der Waals surface area contributed by atoms with Crippen molar-refractivity contribution in [1.29, 1.82) is 0 Å². The zero-order chi connectivity index (χ0) is 16.1. The van der Waals surface area contributed by atoms with Gasteiger partial charge < -0.3 is 9.64 Å². The van der Waals surface area contributed by atoms with Crippen LogP contribution in [0.3, 0.4) is 0 Å². The molecule has 1 saturated heterocycles. The molecule has 23 heavy (non-hydrogen) atoms. The highest BCUT2D eigenvalue weighted by Crippen LogP contribution is 2.16. The summed E-state index contributed by atoms with van der Waals surface area (Å²) in [5, 5.41) is 8.35. The largest absolute Gasteiger partial charge is 0.471 e. The molecule has 1 aliphatic rings. The quantitative estimate of drug-likeness (QED) is 0.809. The molecule has 5 nitrogen and oxygen atoms in total. The second-order valence-corrected chi connectivity index (χ2v) is 5.70. The first-order valence-corrected chi connectivity index (χ1v) is 7.75. The van der Waals surface area contributed by atoms with Gasteiger partial charge in [-0.3, -0.25) is 4.79 Å². The Morgan fingerprint density at radius 1 is 1.30 bits per heavy atom. The van der Waals surface area contributed by atoms with Gasteiger partial charge in [-0.1, -0.05) is 23.7 Å². The Hall–Kier alpha value is -2.40. The molecule has 0 bridgehead atoms. The molecule has 0 saturated carbocycles. The second-order valence-electron chi connectivity index (χ2n) is 5.26. The van der Waals surface area contributed by atoms with E-state index >= 15 is 0 Å². The summed E-state index contributed by atoms with van der Waals surface area (Å²) < 4.78 is 5.73. The molecule has 6 heteroatoms. The zero-order valence-corrected chi connectivity index (χ0v) is 13.2. The lowest BCUT2D eigenvalue weighted by Gasteiger charge is -2.14. The normalized spacial score (nSPS) is 17.6. The topological polar surface area (TPSA) is 55.3 Å². The minimum absolute atomic E-state index is 0.0230. The van der Waals surface area contributed by atoms with Crippen LogP contribution >= 0.6 is 11.6 Å². The Labute approximate surface area is 139 Å². The molecular weight excluding hydrogens is 314 g/mol. The maximum Gasteiger partial charge on any atom is 0.246 e. The summed E-state index contributed by atoms with van der Waals surface area (Å²) in [4.78, 5) is 14.0. The van der Waals surface area contributed by atoms with Gasteiger partial charge in [0.25, 0.3) is 0 Å². The Bertz CT molecular complexity index is 689. The number of benzene rings is 1. The summed E-state index contributed by atoms with van der Waals surface area (Å²) >= 11 is 5.84.